The lowest BCUT2D eigenvalue weighted by Gasteiger charge is -2.38. The third-order valence-electron chi connectivity index (χ3n) is 4.28. The second kappa shape index (κ2) is 2.84. The van der Waals surface area contributed by atoms with Gasteiger partial charge in [-0.3, -0.25) is 0 Å². The Balaban J connectivity index is 2.28. The molecule has 0 radical (unpaired) electrons. The molecular weight excluding hydrogens is 160 g/mol. The molecular formula is C12H20O. The highest BCUT2D eigenvalue weighted by Gasteiger charge is 2.49. The molecule has 0 spiro atoms. The lowest BCUT2D eigenvalue weighted by Crippen LogP contribution is -2.40. The van der Waals surface area contributed by atoms with E-state index in [1.54, 1.807) is 0 Å². The molecule has 13 heavy (non-hydrogen) atoms. The molecule has 0 aromatic rings. The van der Waals surface area contributed by atoms with Crippen molar-refractivity contribution in [1.29, 1.82) is 0 Å². The van der Waals surface area contributed by atoms with Gasteiger partial charge in [-0.2, -0.15) is 0 Å². The summed E-state index contributed by atoms with van der Waals surface area (Å²) in [5, 5.41) is 10.5. The quantitative estimate of drug-likeness (QED) is 0.568. The Kier molecular flexibility index (Phi) is 2.03. The van der Waals surface area contributed by atoms with Crippen molar-refractivity contribution < 1.29 is 5.11 Å². The molecule has 1 nitrogen and oxygen atoms in total. The summed E-state index contributed by atoms with van der Waals surface area (Å²) in [5.74, 6) is 0. The molecule has 74 valence electrons. The topological polar surface area (TPSA) is 20.2 Å². The molecule has 0 amide bonds. The Morgan fingerprint density at radius 1 is 1.31 bits per heavy atom. The van der Waals surface area contributed by atoms with Crippen molar-refractivity contribution in [3.05, 3.63) is 11.6 Å². The first-order valence-corrected chi connectivity index (χ1v) is 5.44. The molecule has 2 aliphatic rings. The Morgan fingerprint density at radius 3 is 2.85 bits per heavy atom. The highest BCUT2D eigenvalue weighted by atomic mass is 16.3. The van der Waals surface area contributed by atoms with Crippen molar-refractivity contribution in [3.8, 4) is 0 Å². The molecule has 1 heteroatoms. The van der Waals surface area contributed by atoms with E-state index in [4.69, 9.17) is 0 Å². The zero-order valence-corrected chi connectivity index (χ0v) is 8.77. The molecule has 0 aromatic carbocycles. The average Bonchev–Trinajstić information content (AvgIpc) is 2.33. The van der Waals surface area contributed by atoms with Crippen LogP contribution in [-0.4, -0.2) is 10.7 Å². The van der Waals surface area contributed by atoms with Gasteiger partial charge in [-0.25, -0.2) is 0 Å². The summed E-state index contributed by atoms with van der Waals surface area (Å²) in [6, 6.07) is 0. The summed E-state index contributed by atoms with van der Waals surface area (Å²) in [6.07, 6.45) is 8.91. The zero-order chi connectivity index (χ0) is 9.53. The van der Waals surface area contributed by atoms with E-state index in [9.17, 15) is 5.11 Å². The van der Waals surface area contributed by atoms with Crippen molar-refractivity contribution in [2.24, 2.45) is 5.41 Å². The second-order valence-corrected chi connectivity index (χ2v) is 5.20. The van der Waals surface area contributed by atoms with Crippen LogP contribution in [0.1, 0.15) is 52.4 Å². The van der Waals surface area contributed by atoms with Crippen molar-refractivity contribution in [1.82, 2.24) is 0 Å². The van der Waals surface area contributed by atoms with Crippen LogP contribution in [0.25, 0.3) is 0 Å². The molecule has 2 aliphatic carbocycles. The minimum atomic E-state index is -0.360. The van der Waals surface area contributed by atoms with E-state index in [1.165, 1.54) is 18.4 Å². The number of hydrogen-bond acceptors (Lipinski definition) is 1. The summed E-state index contributed by atoms with van der Waals surface area (Å²) >= 11 is 0. The van der Waals surface area contributed by atoms with Gasteiger partial charge in [0.15, 0.2) is 0 Å². The van der Waals surface area contributed by atoms with Crippen LogP contribution in [-0.2, 0) is 0 Å². The molecule has 1 N–H and O–H groups in total. The van der Waals surface area contributed by atoms with Crippen LogP contribution in [0, 0.1) is 5.41 Å². The molecule has 0 bridgehead atoms. The Hall–Kier alpha value is -0.300. The monoisotopic (exact) mass is 180 g/mol. The number of aliphatic hydroxyl groups is 1. The van der Waals surface area contributed by atoms with Gasteiger partial charge in [-0.05, 0) is 50.9 Å². The summed E-state index contributed by atoms with van der Waals surface area (Å²) in [5.41, 5.74) is 1.27. The molecule has 0 aliphatic heterocycles. The van der Waals surface area contributed by atoms with Crippen LogP contribution in [0.2, 0.25) is 0 Å². The Morgan fingerprint density at radius 2 is 2.08 bits per heavy atom. The summed E-state index contributed by atoms with van der Waals surface area (Å²) in [6.45, 7) is 4.45. The zero-order valence-electron chi connectivity index (χ0n) is 8.77. The van der Waals surface area contributed by atoms with Gasteiger partial charge in [0.05, 0.1) is 5.60 Å². The standard InChI is InChI=1S/C12H20O/c1-10-4-8-11(2)6-3-7-12(11,13)9-5-10/h4,13H,3,5-9H2,1-2H3/t11-,12-/m1/s1. The van der Waals surface area contributed by atoms with E-state index < -0.39 is 0 Å². The number of rotatable bonds is 0. The SMILES string of the molecule is CC1=CC[C@@]2(C)CCC[C@@]2(O)CC1. The van der Waals surface area contributed by atoms with Gasteiger partial charge in [0.1, 0.15) is 0 Å². The van der Waals surface area contributed by atoms with Crippen molar-refractivity contribution in [2.75, 3.05) is 0 Å². The van der Waals surface area contributed by atoms with Crippen molar-refractivity contribution in [3.63, 3.8) is 0 Å². The first-order chi connectivity index (χ1) is 6.06. The van der Waals surface area contributed by atoms with E-state index in [1.807, 2.05) is 0 Å². The molecule has 1 saturated carbocycles. The van der Waals surface area contributed by atoms with Crippen LogP contribution in [0.15, 0.2) is 11.6 Å². The third kappa shape index (κ3) is 1.34. The normalized spacial score (nSPS) is 45.3. The molecule has 0 aromatic heterocycles. The van der Waals surface area contributed by atoms with Gasteiger partial charge in [-0.15, -0.1) is 0 Å². The van der Waals surface area contributed by atoms with Gasteiger partial charge in [-0.1, -0.05) is 18.6 Å². The largest absolute Gasteiger partial charge is 0.389 e. The maximum atomic E-state index is 10.5. The van der Waals surface area contributed by atoms with E-state index >= 15 is 0 Å². The minimum Gasteiger partial charge on any atom is -0.389 e. The van der Waals surface area contributed by atoms with Crippen LogP contribution in [0.4, 0.5) is 0 Å². The lowest BCUT2D eigenvalue weighted by molar-refractivity contribution is -0.0546. The fraction of sp³-hybridized carbons (Fsp3) is 0.833. The summed E-state index contributed by atoms with van der Waals surface area (Å²) in [7, 11) is 0. The van der Waals surface area contributed by atoms with Crippen LogP contribution < -0.4 is 0 Å². The van der Waals surface area contributed by atoms with Gasteiger partial charge in [0.2, 0.25) is 0 Å². The van der Waals surface area contributed by atoms with E-state index in [0.717, 1.165) is 25.7 Å². The smallest absolute Gasteiger partial charge is 0.0707 e. The molecule has 2 atom stereocenters. The van der Waals surface area contributed by atoms with Crippen LogP contribution in [0.5, 0.6) is 0 Å². The third-order valence-corrected chi connectivity index (χ3v) is 4.28. The summed E-state index contributed by atoms with van der Waals surface area (Å²) in [4.78, 5) is 0. The molecule has 0 heterocycles. The maximum Gasteiger partial charge on any atom is 0.0707 e. The lowest BCUT2D eigenvalue weighted by atomic mass is 9.72. The highest BCUT2D eigenvalue weighted by Crippen LogP contribution is 2.52. The van der Waals surface area contributed by atoms with Crippen molar-refractivity contribution >= 4 is 0 Å². The van der Waals surface area contributed by atoms with E-state index in [-0.39, 0.29) is 11.0 Å². The van der Waals surface area contributed by atoms with E-state index in [0.29, 0.717) is 0 Å². The predicted octanol–water partition coefficient (Wildman–Crippen LogP) is 3.04. The first kappa shape index (κ1) is 9.26. The Labute approximate surface area is 80.8 Å². The minimum absolute atomic E-state index is 0.171. The van der Waals surface area contributed by atoms with Crippen LogP contribution >= 0.6 is 0 Å². The first-order valence-electron chi connectivity index (χ1n) is 5.44. The fourth-order valence-corrected chi connectivity index (χ4v) is 2.93. The molecule has 0 unspecified atom stereocenters. The second-order valence-electron chi connectivity index (χ2n) is 5.20. The molecule has 1 fully saturated rings. The average molecular weight is 180 g/mol. The van der Waals surface area contributed by atoms with Crippen LogP contribution in [0.3, 0.4) is 0 Å². The molecule has 0 saturated heterocycles. The van der Waals surface area contributed by atoms with Gasteiger partial charge >= 0.3 is 0 Å². The molecule has 2 rings (SSSR count). The Bertz CT molecular complexity index is 244. The number of hydrogen-bond donors (Lipinski definition) is 1. The number of allylic oxidation sites excluding steroid dienone is 2. The van der Waals surface area contributed by atoms with Gasteiger partial charge < -0.3 is 5.11 Å². The predicted molar refractivity (Wildman–Crippen MR) is 54.5 cm³/mol. The van der Waals surface area contributed by atoms with E-state index in [2.05, 4.69) is 19.9 Å². The van der Waals surface area contributed by atoms with Crippen molar-refractivity contribution in [2.45, 2.75) is 58.0 Å². The fourth-order valence-electron chi connectivity index (χ4n) is 2.93. The highest BCUT2D eigenvalue weighted by molar-refractivity contribution is 5.13. The van der Waals surface area contributed by atoms with Gasteiger partial charge in [0.25, 0.3) is 0 Å². The summed E-state index contributed by atoms with van der Waals surface area (Å²) < 4.78 is 0. The van der Waals surface area contributed by atoms with Gasteiger partial charge in [0, 0.05) is 0 Å². The maximum absolute atomic E-state index is 10.5. The number of fused-ring (bicyclic) bond motifs is 1.